The van der Waals surface area contributed by atoms with Crippen molar-refractivity contribution in [1.82, 2.24) is 10.0 Å². The van der Waals surface area contributed by atoms with E-state index in [1.165, 1.54) is 24.3 Å². The van der Waals surface area contributed by atoms with E-state index in [1.54, 1.807) is 18.2 Å². The average molecular weight is 474 g/mol. The van der Waals surface area contributed by atoms with Crippen molar-refractivity contribution in [3.63, 3.8) is 0 Å². The van der Waals surface area contributed by atoms with Gasteiger partial charge in [0.2, 0.25) is 15.9 Å². The smallest absolute Gasteiger partial charge is 0.251 e. The lowest BCUT2D eigenvalue weighted by molar-refractivity contribution is -0.131. The maximum absolute atomic E-state index is 13.3. The van der Waals surface area contributed by atoms with Crippen molar-refractivity contribution in [1.29, 1.82) is 0 Å². The van der Waals surface area contributed by atoms with E-state index >= 15 is 0 Å². The van der Waals surface area contributed by atoms with E-state index in [9.17, 15) is 22.4 Å². The Morgan fingerprint density at radius 3 is 2.48 bits per heavy atom. The first-order valence-electron chi connectivity index (χ1n) is 11.1. The zero-order valence-corrected chi connectivity index (χ0v) is 19.3. The molecule has 1 aliphatic carbocycles. The van der Waals surface area contributed by atoms with Crippen molar-refractivity contribution >= 4 is 21.8 Å². The highest BCUT2D eigenvalue weighted by Crippen LogP contribution is 2.47. The van der Waals surface area contributed by atoms with Gasteiger partial charge in [-0.1, -0.05) is 25.1 Å². The lowest BCUT2D eigenvalue weighted by Gasteiger charge is -2.42. The first-order valence-corrected chi connectivity index (χ1v) is 12.6. The number of primary amides is 1. The van der Waals surface area contributed by atoms with Crippen LogP contribution in [0.4, 0.5) is 4.39 Å². The third kappa shape index (κ3) is 4.52. The molecule has 4 N–H and O–H groups in total. The van der Waals surface area contributed by atoms with Crippen LogP contribution < -0.4 is 15.8 Å². The minimum Gasteiger partial charge on any atom is -0.369 e. The molecule has 9 heteroatoms. The second-order valence-corrected chi connectivity index (χ2v) is 10.7. The third-order valence-corrected chi connectivity index (χ3v) is 8.72. The number of nitrogens with one attached hydrogen (secondary N) is 2. The molecule has 176 valence electrons. The molecule has 7 nitrogen and oxygen atoms in total. The fraction of sp³-hybridized carbons (Fsp3) is 0.417. The Morgan fingerprint density at radius 2 is 1.85 bits per heavy atom. The Bertz CT molecular complexity index is 1170. The summed E-state index contributed by atoms with van der Waals surface area (Å²) in [7, 11) is -3.84. The number of hydrogen-bond donors (Lipinski definition) is 3. The molecule has 1 heterocycles. The standard InChI is InChI=1S/C24H28FN3O4S/c1-15(16-2-5-18(25)6-3-16)24(23(26)30)11-8-19(9-12-24)28-33(31,32)20-7-4-17-10-13-27-22(29)21(17)14-20/h2-7,14-15,19,28H,8-13H2,1H3,(H2,26,30)(H,27,29)/t15-,19?,24?/m1/s1. The Hall–Kier alpha value is -2.78. The van der Waals surface area contributed by atoms with Gasteiger partial charge in [-0.25, -0.2) is 17.5 Å². The number of carbonyl (C=O) groups excluding carboxylic acids is 2. The van der Waals surface area contributed by atoms with Crippen LogP contribution in [0, 0.1) is 11.2 Å². The number of fused-ring (bicyclic) bond motifs is 1. The van der Waals surface area contributed by atoms with Gasteiger partial charge in [-0.3, -0.25) is 9.59 Å². The number of hydrogen-bond acceptors (Lipinski definition) is 4. The summed E-state index contributed by atoms with van der Waals surface area (Å²) < 4.78 is 42.1. The molecule has 33 heavy (non-hydrogen) atoms. The van der Waals surface area contributed by atoms with Gasteiger partial charge in [0.25, 0.3) is 5.91 Å². The normalized spacial score (nSPS) is 23.9. The highest BCUT2D eigenvalue weighted by molar-refractivity contribution is 7.89. The lowest BCUT2D eigenvalue weighted by atomic mass is 9.63. The van der Waals surface area contributed by atoms with E-state index in [4.69, 9.17) is 5.73 Å². The van der Waals surface area contributed by atoms with Crippen molar-refractivity contribution in [3.8, 4) is 0 Å². The second-order valence-electron chi connectivity index (χ2n) is 9.01. The van der Waals surface area contributed by atoms with Gasteiger partial charge in [0.15, 0.2) is 0 Å². The van der Waals surface area contributed by atoms with Crippen LogP contribution in [0.1, 0.15) is 60.0 Å². The predicted molar refractivity (Wildman–Crippen MR) is 121 cm³/mol. The molecule has 2 aliphatic rings. The van der Waals surface area contributed by atoms with Gasteiger partial charge in [0.1, 0.15) is 5.82 Å². The number of sulfonamides is 1. The minimum absolute atomic E-state index is 0.0460. The van der Waals surface area contributed by atoms with Gasteiger partial charge in [-0.05, 0) is 73.4 Å². The van der Waals surface area contributed by atoms with E-state index in [0.717, 1.165) is 11.1 Å². The lowest BCUT2D eigenvalue weighted by Crippen LogP contribution is -2.48. The molecule has 1 fully saturated rings. The summed E-state index contributed by atoms with van der Waals surface area (Å²) >= 11 is 0. The topological polar surface area (TPSA) is 118 Å². The molecule has 0 radical (unpaired) electrons. The maximum Gasteiger partial charge on any atom is 0.251 e. The summed E-state index contributed by atoms with van der Waals surface area (Å²) in [4.78, 5) is 24.7. The Morgan fingerprint density at radius 1 is 1.18 bits per heavy atom. The number of amides is 2. The van der Waals surface area contributed by atoms with Crippen molar-refractivity contribution in [2.75, 3.05) is 6.54 Å². The average Bonchev–Trinajstić information content (AvgIpc) is 2.79. The number of halogens is 1. The molecule has 2 aromatic rings. The van der Waals surface area contributed by atoms with Crippen LogP contribution in [0.2, 0.25) is 0 Å². The zero-order chi connectivity index (χ0) is 23.8. The van der Waals surface area contributed by atoms with E-state index in [-0.39, 0.29) is 28.6 Å². The van der Waals surface area contributed by atoms with Gasteiger partial charge in [0, 0.05) is 18.2 Å². The Labute approximate surface area is 193 Å². The summed E-state index contributed by atoms with van der Waals surface area (Å²) in [5, 5.41) is 2.73. The molecule has 0 aromatic heterocycles. The first-order chi connectivity index (χ1) is 15.6. The molecule has 0 spiro atoms. The SMILES string of the molecule is C[C@H](c1ccc(F)cc1)C1(C(N)=O)CCC(NS(=O)(=O)c2ccc3c(c2)C(=O)NCC3)CC1. The number of carbonyl (C=O) groups is 2. The van der Waals surface area contributed by atoms with Gasteiger partial charge in [-0.15, -0.1) is 0 Å². The molecular formula is C24H28FN3O4S. The van der Waals surface area contributed by atoms with Crippen molar-refractivity contribution in [2.45, 2.75) is 55.9 Å². The third-order valence-electron chi connectivity index (χ3n) is 7.21. The second kappa shape index (κ2) is 8.87. The van der Waals surface area contributed by atoms with Crippen molar-refractivity contribution in [3.05, 3.63) is 65.0 Å². The quantitative estimate of drug-likeness (QED) is 0.598. The van der Waals surface area contributed by atoms with Crippen LogP contribution in [0.5, 0.6) is 0 Å². The van der Waals surface area contributed by atoms with Crippen molar-refractivity contribution < 1.29 is 22.4 Å². The molecule has 4 rings (SSSR count). The van der Waals surface area contributed by atoms with Gasteiger partial charge >= 0.3 is 0 Å². The van der Waals surface area contributed by atoms with E-state index in [1.807, 2.05) is 6.92 Å². The van der Waals surface area contributed by atoms with Gasteiger partial charge in [0.05, 0.1) is 10.3 Å². The molecule has 1 aliphatic heterocycles. The Kier molecular flexibility index (Phi) is 6.28. The van der Waals surface area contributed by atoms with Gasteiger partial charge in [-0.2, -0.15) is 0 Å². The number of rotatable bonds is 6. The maximum atomic E-state index is 13.3. The molecule has 1 atom stereocenters. The molecule has 2 aromatic carbocycles. The summed E-state index contributed by atoms with van der Waals surface area (Å²) in [6.45, 7) is 2.44. The van der Waals surface area contributed by atoms with Crippen LogP contribution in [-0.4, -0.2) is 32.8 Å². The number of benzene rings is 2. The summed E-state index contributed by atoms with van der Waals surface area (Å²) in [5.74, 6) is -1.28. The summed E-state index contributed by atoms with van der Waals surface area (Å²) in [6.07, 6.45) is 2.39. The fourth-order valence-electron chi connectivity index (χ4n) is 5.06. The monoisotopic (exact) mass is 473 g/mol. The largest absolute Gasteiger partial charge is 0.369 e. The first kappa shape index (κ1) is 23.4. The summed E-state index contributed by atoms with van der Waals surface area (Å²) in [5.41, 5.74) is 7.03. The molecule has 0 unspecified atom stereocenters. The summed E-state index contributed by atoms with van der Waals surface area (Å²) in [6, 6.07) is 10.3. The van der Waals surface area contributed by atoms with Gasteiger partial charge < -0.3 is 11.1 Å². The van der Waals surface area contributed by atoms with Crippen LogP contribution in [-0.2, 0) is 21.2 Å². The van der Waals surface area contributed by atoms with Crippen LogP contribution in [0.15, 0.2) is 47.4 Å². The van der Waals surface area contributed by atoms with E-state index in [2.05, 4.69) is 10.0 Å². The van der Waals surface area contributed by atoms with Crippen LogP contribution in [0.25, 0.3) is 0 Å². The fourth-order valence-corrected chi connectivity index (χ4v) is 6.39. The molecule has 1 saturated carbocycles. The van der Waals surface area contributed by atoms with Crippen LogP contribution in [0.3, 0.4) is 0 Å². The Balaban J connectivity index is 1.48. The predicted octanol–water partition coefficient (Wildman–Crippen LogP) is 2.61. The minimum atomic E-state index is -3.84. The highest BCUT2D eigenvalue weighted by Gasteiger charge is 2.45. The van der Waals surface area contributed by atoms with Crippen molar-refractivity contribution in [2.24, 2.45) is 11.1 Å². The van der Waals surface area contributed by atoms with E-state index in [0.29, 0.717) is 44.2 Å². The zero-order valence-electron chi connectivity index (χ0n) is 18.4. The number of nitrogens with two attached hydrogens (primary N) is 1. The molecular weight excluding hydrogens is 445 g/mol. The van der Waals surface area contributed by atoms with E-state index < -0.39 is 21.3 Å². The molecule has 2 amide bonds. The van der Waals surface area contributed by atoms with Crippen LogP contribution >= 0.6 is 0 Å². The highest BCUT2D eigenvalue weighted by atomic mass is 32.2. The molecule has 0 bridgehead atoms. The molecule has 0 saturated heterocycles.